The molecule has 1 heterocycles. The molecular weight excluding hydrogens is 224 g/mol. The first-order valence-corrected chi connectivity index (χ1v) is 6.18. The molecule has 0 radical (unpaired) electrons. The molecule has 1 aromatic carbocycles. The van der Waals surface area contributed by atoms with Gasteiger partial charge in [-0.25, -0.2) is 9.78 Å². The van der Waals surface area contributed by atoms with Crippen LogP contribution in [0.1, 0.15) is 17.3 Å². The molecule has 2 aromatic rings. The van der Waals surface area contributed by atoms with Gasteiger partial charge >= 0.3 is 5.97 Å². The first kappa shape index (κ1) is 11.0. The number of imidazole rings is 1. The lowest BCUT2D eigenvalue weighted by atomic mass is 10.2. The van der Waals surface area contributed by atoms with E-state index in [0.29, 0.717) is 12.2 Å². The van der Waals surface area contributed by atoms with Gasteiger partial charge in [0.2, 0.25) is 0 Å². The first-order chi connectivity index (χ1) is 7.74. The molecule has 0 aliphatic rings. The quantitative estimate of drug-likeness (QED) is 0.657. The molecule has 0 fully saturated rings. The summed E-state index contributed by atoms with van der Waals surface area (Å²) in [5.41, 5.74) is 2.26. The second-order valence-electron chi connectivity index (χ2n) is 3.20. The highest BCUT2D eigenvalue weighted by molar-refractivity contribution is 7.98. The fourth-order valence-electron chi connectivity index (χ4n) is 1.42. The van der Waals surface area contributed by atoms with Crippen LogP contribution in [0, 0.1) is 0 Å². The van der Waals surface area contributed by atoms with E-state index in [2.05, 4.69) is 9.97 Å². The molecule has 0 atom stereocenters. The number of aromatic amines is 1. The molecule has 0 aliphatic carbocycles. The number of carbonyl (C=O) groups is 1. The Morgan fingerprint density at radius 2 is 2.38 bits per heavy atom. The van der Waals surface area contributed by atoms with Crippen molar-refractivity contribution in [2.75, 3.05) is 12.9 Å². The number of fused-ring (bicyclic) bond motifs is 1. The van der Waals surface area contributed by atoms with Crippen LogP contribution >= 0.6 is 11.8 Å². The summed E-state index contributed by atoms with van der Waals surface area (Å²) in [6.45, 7) is 2.17. The summed E-state index contributed by atoms with van der Waals surface area (Å²) in [5, 5.41) is 0.844. The molecule has 0 unspecified atom stereocenters. The molecule has 1 aromatic heterocycles. The largest absolute Gasteiger partial charge is 0.462 e. The Labute approximate surface area is 97.4 Å². The Bertz CT molecular complexity index is 522. The maximum absolute atomic E-state index is 11.5. The van der Waals surface area contributed by atoms with E-state index in [-0.39, 0.29) is 5.97 Å². The number of nitrogens with one attached hydrogen (secondary N) is 1. The lowest BCUT2D eigenvalue weighted by molar-refractivity contribution is 0.0526. The zero-order valence-corrected chi connectivity index (χ0v) is 9.93. The highest BCUT2D eigenvalue weighted by atomic mass is 32.2. The molecule has 16 heavy (non-hydrogen) atoms. The third-order valence-corrected chi connectivity index (χ3v) is 2.74. The summed E-state index contributed by atoms with van der Waals surface area (Å²) < 4.78 is 4.93. The average Bonchev–Trinajstić information content (AvgIpc) is 2.70. The molecule has 0 aliphatic heterocycles. The van der Waals surface area contributed by atoms with Crippen LogP contribution in [0.3, 0.4) is 0 Å². The Morgan fingerprint density at radius 3 is 3.06 bits per heavy atom. The van der Waals surface area contributed by atoms with Crippen molar-refractivity contribution >= 4 is 28.8 Å². The molecule has 0 bridgehead atoms. The van der Waals surface area contributed by atoms with Crippen molar-refractivity contribution < 1.29 is 9.53 Å². The normalized spacial score (nSPS) is 10.6. The van der Waals surface area contributed by atoms with Crippen LogP contribution in [0.2, 0.25) is 0 Å². The number of hydrogen-bond donors (Lipinski definition) is 1. The van der Waals surface area contributed by atoms with Crippen LogP contribution in [0.15, 0.2) is 23.4 Å². The van der Waals surface area contributed by atoms with Crippen LogP contribution in [0.5, 0.6) is 0 Å². The predicted octanol–water partition coefficient (Wildman–Crippen LogP) is 2.46. The van der Waals surface area contributed by atoms with E-state index in [1.807, 2.05) is 12.3 Å². The maximum Gasteiger partial charge on any atom is 0.338 e. The first-order valence-electron chi connectivity index (χ1n) is 4.95. The van der Waals surface area contributed by atoms with Gasteiger partial charge in [-0.05, 0) is 31.4 Å². The predicted molar refractivity (Wildman–Crippen MR) is 63.8 cm³/mol. The molecule has 0 saturated carbocycles. The molecule has 5 heteroatoms. The summed E-state index contributed by atoms with van der Waals surface area (Å²) in [6.07, 6.45) is 1.95. The second kappa shape index (κ2) is 4.57. The Balaban J connectivity index is 2.39. The van der Waals surface area contributed by atoms with Gasteiger partial charge < -0.3 is 9.72 Å². The monoisotopic (exact) mass is 236 g/mol. The van der Waals surface area contributed by atoms with E-state index in [9.17, 15) is 4.79 Å². The maximum atomic E-state index is 11.5. The number of ether oxygens (including phenoxy) is 1. The topological polar surface area (TPSA) is 55.0 Å². The third-order valence-electron chi connectivity index (χ3n) is 2.16. The summed E-state index contributed by atoms with van der Waals surface area (Å²) in [5.74, 6) is -0.301. The lowest BCUT2D eigenvalue weighted by Gasteiger charge is -2.00. The smallest absolute Gasteiger partial charge is 0.338 e. The lowest BCUT2D eigenvalue weighted by Crippen LogP contribution is -2.04. The number of rotatable bonds is 3. The number of benzene rings is 1. The van der Waals surface area contributed by atoms with Crippen LogP contribution in [0.25, 0.3) is 11.0 Å². The zero-order valence-electron chi connectivity index (χ0n) is 9.11. The van der Waals surface area contributed by atoms with E-state index in [0.717, 1.165) is 16.2 Å². The van der Waals surface area contributed by atoms with Gasteiger partial charge in [-0.15, -0.1) is 0 Å². The van der Waals surface area contributed by atoms with E-state index in [1.165, 1.54) is 11.8 Å². The van der Waals surface area contributed by atoms with E-state index in [4.69, 9.17) is 4.74 Å². The van der Waals surface area contributed by atoms with E-state index < -0.39 is 0 Å². The number of aromatic nitrogens is 2. The Kier molecular flexibility index (Phi) is 3.14. The third kappa shape index (κ3) is 2.04. The van der Waals surface area contributed by atoms with Crippen LogP contribution < -0.4 is 0 Å². The van der Waals surface area contributed by atoms with Gasteiger partial charge in [-0.3, -0.25) is 0 Å². The number of nitrogens with zero attached hydrogens (tertiary/aromatic N) is 1. The van der Waals surface area contributed by atoms with Crippen molar-refractivity contribution in [3.8, 4) is 0 Å². The van der Waals surface area contributed by atoms with Gasteiger partial charge in [0, 0.05) is 0 Å². The van der Waals surface area contributed by atoms with E-state index in [1.54, 1.807) is 19.1 Å². The molecule has 84 valence electrons. The fraction of sp³-hybridized carbons (Fsp3) is 0.273. The van der Waals surface area contributed by atoms with Gasteiger partial charge in [0.05, 0.1) is 23.2 Å². The molecule has 0 spiro atoms. The standard InChI is InChI=1S/C11H12N2O2S/c1-3-15-10(14)7-4-5-8-9(6-7)13-11(12-8)16-2/h4-6H,3H2,1-2H3,(H,12,13). The summed E-state index contributed by atoms with van der Waals surface area (Å²) >= 11 is 1.54. The van der Waals surface area contributed by atoms with E-state index >= 15 is 0 Å². The van der Waals surface area contributed by atoms with Gasteiger partial charge in [0.15, 0.2) is 5.16 Å². The molecule has 1 N–H and O–H groups in total. The summed E-state index contributed by atoms with van der Waals surface area (Å²) in [7, 11) is 0. The highest BCUT2D eigenvalue weighted by Crippen LogP contribution is 2.18. The average molecular weight is 236 g/mol. The summed E-state index contributed by atoms with van der Waals surface area (Å²) in [4.78, 5) is 19.0. The molecule has 4 nitrogen and oxygen atoms in total. The Hall–Kier alpha value is -1.49. The zero-order chi connectivity index (χ0) is 11.5. The second-order valence-corrected chi connectivity index (χ2v) is 3.99. The minimum Gasteiger partial charge on any atom is -0.462 e. The Morgan fingerprint density at radius 1 is 1.56 bits per heavy atom. The van der Waals surface area contributed by atoms with Crippen molar-refractivity contribution in [1.29, 1.82) is 0 Å². The van der Waals surface area contributed by atoms with Crippen molar-refractivity contribution in [3.63, 3.8) is 0 Å². The van der Waals surface area contributed by atoms with Crippen molar-refractivity contribution in [2.24, 2.45) is 0 Å². The minimum absolute atomic E-state index is 0.301. The van der Waals surface area contributed by atoms with Crippen LogP contribution in [0.4, 0.5) is 0 Å². The van der Waals surface area contributed by atoms with Crippen LogP contribution in [-0.4, -0.2) is 28.8 Å². The number of hydrogen-bond acceptors (Lipinski definition) is 4. The SMILES string of the molecule is CCOC(=O)c1ccc2nc(SC)[nH]c2c1. The van der Waals surface area contributed by atoms with Crippen molar-refractivity contribution in [2.45, 2.75) is 12.1 Å². The van der Waals surface area contributed by atoms with Gasteiger partial charge in [-0.2, -0.15) is 0 Å². The molecule has 0 saturated heterocycles. The van der Waals surface area contributed by atoms with Crippen molar-refractivity contribution in [3.05, 3.63) is 23.8 Å². The minimum atomic E-state index is -0.301. The van der Waals surface area contributed by atoms with Gasteiger partial charge in [0.25, 0.3) is 0 Å². The van der Waals surface area contributed by atoms with Gasteiger partial charge in [-0.1, -0.05) is 11.8 Å². The van der Waals surface area contributed by atoms with Crippen molar-refractivity contribution in [1.82, 2.24) is 9.97 Å². The number of thioether (sulfide) groups is 1. The van der Waals surface area contributed by atoms with Gasteiger partial charge in [0.1, 0.15) is 0 Å². The molecule has 0 amide bonds. The molecular formula is C11H12N2O2S. The number of carbonyl (C=O) groups excluding carboxylic acids is 1. The molecule has 2 rings (SSSR count). The summed E-state index contributed by atoms with van der Waals surface area (Å²) in [6, 6.07) is 5.31. The number of H-pyrrole nitrogens is 1. The number of esters is 1. The fourth-order valence-corrected chi connectivity index (χ4v) is 1.83. The van der Waals surface area contributed by atoms with Crippen LogP contribution in [-0.2, 0) is 4.74 Å². The highest BCUT2D eigenvalue weighted by Gasteiger charge is 2.09.